The number of aromatic amines is 1. The Kier molecular flexibility index (Phi) is 33.0. The molecule has 2 fully saturated rings. The van der Waals surface area contributed by atoms with Crippen LogP contribution >= 0.6 is 21.6 Å². The van der Waals surface area contributed by atoms with Gasteiger partial charge in [-0.2, -0.15) is 4.98 Å². The first-order valence-electron chi connectivity index (χ1n) is 39.0. The number of aliphatic imine (C=N–C) groups is 1. The van der Waals surface area contributed by atoms with Crippen molar-refractivity contribution in [2.24, 2.45) is 10.7 Å². The molecule has 9 rings (SSSR count). The van der Waals surface area contributed by atoms with E-state index in [1.807, 2.05) is 17.6 Å². The molecule has 3 aromatic carbocycles. The highest BCUT2D eigenvalue weighted by atomic mass is 33.1. The number of carbonyl (C=O) groups excluding carboxylic acids is 9. The van der Waals surface area contributed by atoms with Crippen LogP contribution < -0.4 is 73.9 Å². The lowest BCUT2D eigenvalue weighted by molar-refractivity contribution is -0.144. The van der Waals surface area contributed by atoms with Crippen molar-refractivity contribution in [2.45, 2.75) is 183 Å². The van der Waals surface area contributed by atoms with E-state index >= 15 is 0 Å². The second-order valence-corrected chi connectivity index (χ2v) is 32.5. The molecule has 122 heavy (non-hydrogen) atoms. The van der Waals surface area contributed by atoms with Gasteiger partial charge in [-0.3, -0.25) is 72.9 Å². The normalized spacial score (nSPS) is 16.9. The molecule has 4 aliphatic heterocycles. The molecule has 6 heterocycles. The lowest BCUT2D eigenvalue weighted by Gasteiger charge is -2.32. The van der Waals surface area contributed by atoms with Crippen LogP contribution in [0.1, 0.15) is 152 Å². The first kappa shape index (κ1) is 92.9. The van der Waals surface area contributed by atoms with E-state index < -0.39 is 162 Å². The van der Waals surface area contributed by atoms with Crippen molar-refractivity contribution < 1.29 is 102 Å². The van der Waals surface area contributed by atoms with Crippen molar-refractivity contribution in [3.63, 3.8) is 0 Å². The van der Waals surface area contributed by atoms with Gasteiger partial charge in [0.15, 0.2) is 23.4 Å². The zero-order valence-electron chi connectivity index (χ0n) is 67.3. The second kappa shape index (κ2) is 43.3. The van der Waals surface area contributed by atoms with E-state index in [9.17, 15) is 92.7 Å². The Morgan fingerprint density at radius 2 is 1.25 bits per heavy atom. The number of carboxylic acid groups (broad SMARTS) is 4. The number of nitrogens with one attached hydrogen (secondary N) is 10. The maximum Gasteiger partial charge on any atom is 0.416 e. The number of ether oxygens (including phenoxy) is 3. The minimum atomic E-state index is -2.17. The molecule has 2 aromatic heterocycles. The minimum absolute atomic E-state index is 0.0109. The Hall–Kier alpha value is -12.9. The number of nitrogens with zero attached hydrogens (tertiary/aromatic N) is 7. The van der Waals surface area contributed by atoms with Gasteiger partial charge in [-0.1, -0.05) is 65.2 Å². The number of H-pyrrole nitrogens is 1. The molecule has 5 aromatic rings. The Morgan fingerprint density at radius 1 is 0.689 bits per heavy atom. The van der Waals surface area contributed by atoms with Gasteiger partial charge in [-0.05, 0) is 131 Å². The molecule has 43 heteroatoms. The monoisotopic (exact) mass is 1730 g/mol. The quantitative estimate of drug-likeness (QED) is 0.00876. The number of rotatable bonds is 44. The number of aryl methyl sites for hydroxylation is 2. The number of fused-ring (bicyclic) bond motifs is 5. The number of aliphatic hydroxyl groups excluding tert-OH is 1. The SMILES string of the molecule is C=C1C[C@H]2C=Nc3cc(CCCCCCCc4cc5c(cc4OC)C(=O)N4CC(=C)C[C@H]4[C@H](O)N5C(=O)OCC(C)SSC[C@H](NC(=O)[C@H](CC(=O)O)NC(=O)[C@H](CC(=O)O)NC(=O)[C@H](CCCNC(=N)N)NC(=O)[C@H](CC(=O)O)NC(=O)CC[C@@H](C)NC(=O)c4ccc(NCc5cnc6nc(N)[nH]c(=O)c6n5)cc4)C(=O)O)c(OC)cc3C(=O)N2C1. The van der Waals surface area contributed by atoms with Crippen molar-refractivity contribution in [1.82, 2.24) is 67.0 Å². The van der Waals surface area contributed by atoms with E-state index in [0.29, 0.717) is 77.5 Å². The molecule has 9 amide bonds. The van der Waals surface area contributed by atoms with Gasteiger partial charge in [-0.15, -0.1) is 0 Å². The summed E-state index contributed by atoms with van der Waals surface area (Å²) in [5, 5.41) is 78.1. The number of carbonyl (C=O) groups is 13. The smallest absolute Gasteiger partial charge is 0.416 e. The molecule has 19 N–H and O–H groups in total. The minimum Gasteiger partial charge on any atom is -0.496 e. The number of benzene rings is 3. The van der Waals surface area contributed by atoms with Crippen LogP contribution in [-0.2, 0) is 67.3 Å². The number of guanidine groups is 1. The molecule has 0 spiro atoms. The summed E-state index contributed by atoms with van der Waals surface area (Å²) < 4.78 is 17.4. The van der Waals surface area contributed by atoms with Crippen LogP contribution in [0.15, 0.2) is 88.8 Å². The van der Waals surface area contributed by atoms with Crippen molar-refractivity contribution in [2.75, 3.05) is 62.2 Å². The topological polar surface area (TPSA) is 616 Å². The molecule has 1 unspecified atom stereocenters. The number of nitrogens with two attached hydrogens (primary N) is 2. The molecule has 41 nitrogen and oxygen atoms in total. The summed E-state index contributed by atoms with van der Waals surface area (Å²) in [6, 6.07) is 1.60. The van der Waals surface area contributed by atoms with Crippen molar-refractivity contribution in [3.05, 3.63) is 123 Å². The number of hydrogen-bond donors (Lipinski definition) is 17. The highest BCUT2D eigenvalue weighted by Crippen LogP contribution is 2.41. The number of nitrogen functional groups attached to an aromatic ring is 1. The highest BCUT2D eigenvalue weighted by molar-refractivity contribution is 8.77. The number of carboxylic acids is 4. The fraction of sp³-hybridized carbons (Fsp3) is 0.456. The first-order chi connectivity index (χ1) is 58.1. The number of amides is 9. The summed E-state index contributed by atoms with van der Waals surface area (Å²) in [7, 11) is 4.91. The standard InChI is InChI=1S/C79H99N19O22S2/c1-39-23-48-34-85-52-25-44(59(118-5)27-49(52)73(112)96(48)35-39)13-10-8-7-9-11-14-45-26-57-50(28-60(45)119-6)74(113)97-36-40(2)24-58(97)75(114)98(57)79(117)120-37-42(4)122-121-38-56(76(115)116)93-71(110)55(31-64(104)105)92-70(109)54(30-63(102)103)91-68(107)51(15-12-22-83-77(80)81)90-69(108)53(29-62(100)101)89-61(99)21-16-41(3)87-67(106)43-17-19-46(20-18-43)84-32-47-33-86-66-65(88-47)72(111)95-78(82)94-66/h17-20,25-28,33-34,41-42,48,51,53-56,58,75,84,114H,1-2,7-16,21-24,29-32,35-38H2,3-6H3,(H,87,106)(H,89,99)(H,90,108)(H,91,107)(H,92,109)(H,93,110)(H,100,101)(H,102,103)(H,104,105)(H,115,116)(H4,80,81,83)(H3,82,86,94,95,111)/t41-,42?,48+,51+,53+,54+,55+,56+,58+,75+/m1/s1. The molecule has 654 valence electrons. The Bertz CT molecular complexity index is 4940. The van der Waals surface area contributed by atoms with Crippen LogP contribution in [0.3, 0.4) is 0 Å². The Labute approximate surface area is 706 Å². The van der Waals surface area contributed by atoms with E-state index in [1.165, 1.54) is 36.4 Å². The summed E-state index contributed by atoms with van der Waals surface area (Å²) in [5.74, 6) is -14.1. The second-order valence-electron chi connectivity index (χ2n) is 29.7. The van der Waals surface area contributed by atoms with E-state index in [1.54, 1.807) is 50.1 Å². The molecule has 10 atom stereocenters. The summed E-state index contributed by atoms with van der Waals surface area (Å²) in [5.41, 5.74) is 16.1. The maximum absolute atomic E-state index is 14.4. The van der Waals surface area contributed by atoms with Gasteiger partial charge in [0.1, 0.15) is 48.3 Å². The van der Waals surface area contributed by atoms with Gasteiger partial charge in [-0.25, -0.2) is 24.5 Å². The molecule has 0 bridgehead atoms. The number of aliphatic hydroxyl groups is 1. The van der Waals surface area contributed by atoms with Gasteiger partial charge >= 0.3 is 30.0 Å². The molecular formula is C79H99N19O22S2. The van der Waals surface area contributed by atoms with Crippen LogP contribution in [0.5, 0.6) is 11.5 Å². The number of hydrogen-bond acceptors (Lipinski definition) is 27. The number of anilines is 3. The number of methoxy groups -OCH3 is 2. The summed E-state index contributed by atoms with van der Waals surface area (Å²) in [6.45, 7) is 11.6. The Balaban J connectivity index is 0.760. The summed E-state index contributed by atoms with van der Waals surface area (Å²) >= 11 is 0. The number of aromatic nitrogens is 4. The van der Waals surface area contributed by atoms with E-state index in [0.717, 1.165) is 63.3 Å². The largest absolute Gasteiger partial charge is 0.496 e. The van der Waals surface area contributed by atoms with Gasteiger partial charge in [0, 0.05) is 60.6 Å². The van der Waals surface area contributed by atoms with Crippen LogP contribution in [0.25, 0.3) is 11.2 Å². The molecule has 0 radical (unpaired) electrons. The summed E-state index contributed by atoms with van der Waals surface area (Å²) in [4.78, 5) is 210. The third-order valence-electron chi connectivity index (χ3n) is 20.2. The predicted molar refractivity (Wildman–Crippen MR) is 447 cm³/mol. The van der Waals surface area contributed by atoms with Crippen molar-refractivity contribution in [1.29, 1.82) is 5.41 Å². The van der Waals surface area contributed by atoms with E-state index in [4.69, 9.17) is 31.1 Å². The zero-order valence-corrected chi connectivity index (χ0v) is 68.9. The fourth-order valence-corrected chi connectivity index (χ4v) is 16.3. The zero-order chi connectivity index (χ0) is 88.8. The average Bonchev–Trinajstić information content (AvgIpc) is 1.59. The lowest BCUT2D eigenvalue weighted by atomic mass is 9.99. The summed E-state index contributed by atoms with van der Waals surface area (Å²) in [6.07, 6.45) is 2.18. The van der Waals surface area contributed by atoms with Gasteiger partial charge in [0.05, 0.1) is 86.5 Å². The molecular weight excluding hydrogens is 1630 g/mol. The Morgan fingerprint density at radius 3 is 1.87 bits per heavy atom. The third kappa shape index (κ3) is 25.6. The average molecular weight is 1730 g/mol. The van der Waals surface area contributed by atoms with Crippen molar-refractivity contribution in [3.8, 4) is 11.5 Å². The highest BCUT2D eigenvalue weighted by Gasteiger charge is 2.47. The fourth-order valence-electron chi connectivity index (χ4n) is 14.0. The third-order valence-corrected chi connectivity index (χ3v) is 23.1. The van der Waals surface area contributed by atoms with Crippen LogP contribution in [0.2, 0.25) is 0 Å². The number of unbranched alkanes of at least 4 members (excludes halogenated alkanes) is 4. The lowest BCUT2D eigenvalue weighted by Crippen LogP contribution is -2.59. The van der Waals surface area contributed by atoms with Gasteiger partial charge in [0.2, 0.25) is 35.5 Å². The van der Waals surface area contributed by atoms with Crippen LogP contribution in [-0.4, -0.2) is 251 Å². The molecule has 0 aliphatic carbocycles. The van der Waals surface area contributed by atoms with Gasteiger partial charge < -0.3 is 104 Å². The first-order valence-corrected chi connectivity index (χ1v) is 41.4. The molecule has 2 saturated heterocycles. The van der Waals surface area contributed by atoms with Crippen LogP contribution in [0.4, 0.5) is 27.8 Å². The van der Waals surface area contributed by atoms with E-state index in [-0.39, 0.29) is 104 Å². The van der Waals surface area contributed by atoms with Crippen LogP contribution in [0, 0.1) is 5.41 Å². The van der Waals surface area contributed by atoms with Gasteiger partial charge in [0.25, 0.3) is 23.3 Å². The molecule has 0 saturated carbocycles. The maximum atomic E-state index is 14.4. The van der Waals surface area contributed by atoms with Crippen molar-refractivity contribution >= 4 is 145 Å². The predicted octanol–water partition coefficient (Wildman–Crippen LogP) is 2.76. The number of aliphatic carboxylic acids is 4. The molecule has 4 aliphatic rings. The van der Waals surface area contributed by atoms with E-state index in [2.05, 4.69) is 75.3 Å².